The Kier molecular flexibility index (Phi) is 5.78. The van der Waals surface area contributed by atoms with Gasteiger partial charge in [0.15, 0.2) is 0 Å². The highest BCUT2D eigenvalue weighted by Crippen LogP contribution is 2.19. The summed E-state index contributed by atoms with van der Waals surface area (Å²) in [6.07, 6.45) is 6.42. The van der Waals surface area contributed by atoms with Gasteiger partial charge in [-0.1, -0.05) is 18.6 Å². The number of carbonyl (C=O) groups is 1. The highest BCUT2D eigenvalue weighted by atomic mass is 16.2. The molecule has 4 heterocycles. The minimum atomic E-state index is 0.0670. The van der Waals surface area contributed by atoms with Gasteiger partial charge in [-0.15, -0.1) is 10.2 Å². The molecule has 3 aromatic rings. The van der Waals surface area contributed by atoms with Crippen molar-refractivity contribution in [2.75, 3.05) is 26.2 Å². The summed E-state index contributed by atoms with van der Waals surface area (Å²) >= 11 is 0. The number of aromatic nitrogens is 5. The molecule has 1 aromatic carbocycles. The topological polar surface area (TPSA) is 72.1 Å². The number of nitrogens with zero attached hydrogens (tertiary/aromatic N) is 7. The standard InChI is InChI=1S/C24H31N7O/c1-18-7-6-8-20(15-18)31-19(2)21(16-25-31)24(32)29-13-11-28(12-14-29)17-23-27-26-22-9-4-3-5-10-30(22)23/h6-8,15-16H,3-5,9-14,17H2,1-2H3. The fraction of sp³-hybridized carbons (Fsp3) is 0.500. The molecule has 0 unspecified atom stereocenters. The zero-order valence-corrected chi connectivity index (χ0v) is 19.0. The zero-order chi connectivity index (χ0) is 22.1. The molecule has 0 spiro atoms. The van der Waals surface area contributed by atoms with Crippen LogP contribution in [0, 0.1) is 13.8 Å². The van der Waals surface area contributed by atoms with Crippen molar-refractivity contribution in [3.63, 3.8) is 0 Å². The van der Waals surface area contributed by atoms with Crippen LogP contribution in [-0.2, 0) is 19.5 Å². The van der Waals surface area contributed by atoms with E-state index in [0.29, 0.717) is 5.56 Å². The van der Waals surface area contributed by atoms with Crippen LogP contribution in [-0.4, -0.2) is 66.4 Å². The summed E-state index contributed by atoms with van der Waals surface area (Å²) in [5.74, 6) is 2.27. The highest BCUT2D eigenvalue weighted by molar-refractivity contribution is 5.95. The predicted octanol–water partition coefficient (Wildman–Crippen LogP) is 2.77. The van der Waals surface area contributed by atoms with Gasteiger partial charge in [0.25, 0.3) is 5.91 Å². The summed E-state index contributed by atoms with van der Waals surface area (Å²) in [4.78, 5) is 17.5. The summed E-state index contributed by atoms with van der Waals surface area (Å²) < 4.78 is 4.17. The molecule has 32 heavy (non-hydrogen) atoms. The lowest BCUT2D eigenvalue weighted by atomic mass is 10.2. The van der Waals surface area contributed by atoms with Crippen LogP contribution < -0.4 is 0 Å². The Labute approximate surface area is 188 Å². The number of piperazine rings is 1. The molecule has 2 aliphatic rings. The molecule has 0 atom stereocenters. The monoisotopic (exact) mass is 433 g/mol. The maximum Gasteiger partial charge on any atom is 0.257 e. The molecule has 168 valence electrons. The Morgan fingerprint density at radius 2 is 1.84 bits per heavy atom. The van der Waals surface area contributed by atoms with E-state index in [0.717, 1.165) is 68.7 Å². The van der Waals surface area contributed by atoms with E-state index in [1.165, 1.54) is 24.8 Å². The number of rotatable bonds is 4. The van der Waals surface area contributed by atoms with Crippen LogP contribution in [0.4, 0.5) is 0 Å². The molecule has 0 N–H and O–H groups in total. The van der Waals surface area contributed by atoms with Crippen molar-refractivity contribution in [2.45, 2.75) is 52.6 Å². The Bertz CT molecular complexity index is 1110. The molecule has 1 fully saturated rings. The Morgan fingerprint density at radius 3 is 2.66 bits per heavy atom. The van der Waals surface area contributed by atoms with Gasteiger partial charge < -0.3 is 9.47 Å². The van der Waals surface area contributed by atoms with E-state index in [4.69, 9.17) is 0 Å². The number of amides is 1. The Hall–Kier alpha value is -3.00. The maximum absolute atomic E-state index is 13.2. The third-order valence-electron chi connectivity index (χ3n) is 6.70. The van der Waals surface area contributed by atoms with E-state index in [1.807, 2.05) is 28.6 Å². The van der Waals surface area contributed by atoms with Gasteiger partial charge >= 0.3 is 0 Å². The summed E-state index contributed by atoms with van der Waals surface area (Å²) in [5.41, 5.74) is 3.72. The number of hydrogen-bond donors (Lipinski definition) is 0. The van der Waals surface area contributed by atoms with Gasteiger partial charge in [-0.3, -0.25) is 9.69 Å². The Balaban J connectivity index is 1.22. The molecule has 5 rings (SSSR count). The molecule has 1 amide bonds. The van der Waals surface area contributed by atoms with Gasteiger partial charge in [0, 0.05) is 39.1 Å². The first-order valence-electron chi connectivity index (χ1n) is 11.6. The quantitative estimate of drug-likeness (QED) is 0.633. The van der Waals surface area contributed by atoms with Crippen LogP contribution in [0.1, 0.15) is 52.5 Å². The fourth-order valence-electron chi connectivity index (χ4n) is 4.78. The Morgan fingerprint density at radius 1 is 1.00 bits per heavy atom. The largest absolute Gasteiger partial charge is 0.336 e. The number of carbonyl (C=O) groups excluding carboxylic acids is 1. The first-order valence-corrected chi connectivity index (χ1v) is 11.6. The van der Waals surface area contributed by atoms with E-state index in [1.54, 1.807) is 6.20 Å². The van der Waals surface area contributed by atoms with Crippen molar-refractivity contribution in [2.24, 2.45) is 0 Å². The van der Waals surface area contributed by atoms with Crippen LogP contribution >= 0.6 is 0 Å². The second-order valence-corrected chi connectivity index (χ2v) is 8.96. The van der Waals surface area contributed by atoms with Gasteiger partial charge in [-0.25, -0.2) is 4.68 Å². The summed E-state index contributed by atoms with van der Waals surface area (Å²) in [6.45, 7) is 8.99. The molecular formula is C24H31N7O. The molecule has 2 aliphatic heterocycles. The van der Waals surface area contributed by atoms with E-state index < -0.39 is 0 Å². The summed E-state index contributed by atoms with van der Waals surface area (Å²) in [7, 11) is 0. The first kappa shape index (κ1) is 20.9. The van der Waals surface area contributed by atoms with Crippen LogP contribution in [0.5, 0.6) is 0 Å². The number of hydrogen-bond acceptors (Lipinski definition) is 5. The SMILES string of the molecule is Cc1cccc(-n2ncc(C(=O)N3CCN(Cc4nnc5n4CCCCC5)CC3)c2C)c1. The van der Waals surface area contributed by atoms with E-state index in [-0.39, 0.29) is 5.91 Å². The van der Waals surface area contributed by atoms with Crippen molar-refractivity contribution in [3.05, 3.63) is 58.9 Å². The normalized spacial score (nSPS) is 17.2. The number of fused-ring (bicyclic) bond motifs is 1. The van der Waals surface area contributed by atoms with Crippen LogP contribution in [0.2, 0.25) is 0 Å². The van der Waals surface area contributed by atoms with E-state index in [2.05, 4.69) is 43.8 Å². The molecule has 0 bridgehead atoms. The lowest BCUT2D eigenvalue weighted by Crippen LogP contribution is -2.48. The average Bonchev–Trinajstić information content (AvgIpc) is 3.28. The molecule has 8 nitrogen and oxygen atoms in total. The van der Waals surface area contributed by atoms with Crippen molar-refractivity contribution < 1.29 is 4.79 Å². The zero-order valence-electron chi connectivity index (χ0n) is 19.0. The molecule has 8 heteroatoms. The minimum absolute atomic E-state index is 0.0670. The van der Waals surface area contributed by atoms with Gasteiger partial charge in [0.2, 0.25) is 0 Å². The summed E-state index contributed by atoms with van der Waals surface area (Å²) in [5, 5.41) is 13.4. The lowest BCUT2D eigenvalue weighted by Gasteiger charge is -2.34. The van der Waals surface area contributed by atoms with E-state index >= 15 is 0 Å². The van der Waals surface area contributed by atoms with Crippen LogP contribution in [0.25, 0.3) is 5.69 Å². The minimum Gasteiger partial charge on any atom is -0.336 e. The smallest absolute Gasteiger partial charge is 0.257 e. The molecule has 0 radical (unpaired) electrons. The third kappa shape index (κ3) is 4.07. The number of aryl methyl sites for hydroxylation is 2. The highest BCUT2D eigenvalue weighted by Gasteiger charge is 2.26. The van der Waals surface area contributed by atoms with Crippen LogP contribution in [0.3, 0.4) is 0 Å². The van der Waals surface area contributed by atoms with Crippen LogP contribution in [0.15, 0.2) is 30.5 Å². The fourth-order valence-corrected chi connectivity index (χ4v) is 4.78. The van der Waals surface area contributed by atoms with Crippen molar-refractivity contribution >= 4 is 5.91 Å². The van der Waals surface area contributed by atoms with Gasteiger partial charge in [0.1, 0.15) is 11.6 Å². The molecule has 0 saturated carbocycles. The molecule has 1 saturated heterocycles. The van der Waals surface area contributed by atoms with Gasteiger partial charge in [-0.05, 0) is 44.4 Å². The van der Waals surface area contributed by atoms with Crippen molar-refractivity contribution in [3.8, 4) is 5.69 Å². The first-order chi connectivity index (χ1) is 15.6. The molecule has 0 aliphatic carbocycles. The molecule has 2 aromatic heterocycles. The van der Waals surface area contributed by atoms with Gasteiger partial charge in [0.05, 0.1) is 29.7 Å². The third-order valence-corrected chi connectivity index (χ3v) is 6.70. The van der Waals surface area contributed by atoms with Crippen molar-refractivity contribution in [1.29, 1.82) is 0 Å². The van der Waals surface area contributed by atoms with Gasteiger partial charge in [-0.2, -0.15) is 5.10 Å². The lowest BCUT2D eigenvalue weighted by molar-refractivity contribution is 0.0623. The number of benzene rings is 1. The molecular weight excluding hydrogens is 402 g/mol. The average molecular weight is 434 g/mol. The second-order valence-electron chi connectivity index (χ2n) is 8.96. The summed E-state index contributed by atoms with van der Waals surface area (Å²) in [6, 6.07) is 8.18. The maximum atomic E-state index is 13.2. The van der Waals surface area contributed by atoms with E-state index in [9.17, 15) is 4.79 Å². The second kappa shape index (κ2) is 8.86. The predicted molar refractivity (Wildman–Crippen MR) is 122 cm³/mol. The van der Waals surface area contributed by atoms with Crippen molar-refractivity contribution in [1.82, 2.24) is 34.3 Å².